The number of nitrogens with zero attached hydrogens (tertiary/aromatic N) is 3. The van der Waals surface area contributed by atoms with Crippen LogP contribution in [-0.2, 0) is 0 Å². The molecule has 21 heavy (non-hydrogen) atoms. The lowest BCUT2D eigenvalue weighted by atomic mass is 10.1. The summed E-state index contributed by atoms with van der Waals surface area (Å²) in [6, 6.07) is 0.296. The molecule has 0 radical (unpaired) electrons. The number of hydrogen-bond donors (Lipinski definition) is 4. The lowest BCUT2D eigenvalue weighted by Crippen LogP contribution is -2.56. The second-order valence-electron chi connectivity index (χ2n) is 5.98. The Bertz CT molecular complexity index is 472. The van der Waals surface area contributed by atoms with Crippen molar-refractivity contribution in [2.75, 3.05) is 20.1 Å². The normalized spacial score (nSPS) is 34.0. The van der Waals surface area contributed by atoms with Gasteiger partial charge in [-0.15, -0.1) is 0 Å². The molecule has 1 unspecified atom stereocenters. The van der Waals surface area contributed by atoms with E-state index in [0.29, 0.717) is 12.6 Å². The molecule has 9 heteroatoms. The quantitative estimate of drug-likeness (QED) is 0.545. The third-order valence-electron chi connectivity index (χ3n) is 4.43. The highest BCUT2D eigenvalue weighted by Gasteiger charge is 2.61. The Morgan fingerprint density at radius 1 is 1.38 bits per heavy atom. The van der Waals surface area contributed by atoms with Crippen LogP contribution in [0.2, 0.25) is 0 Å². The van der Waals surface area contributed by atoms with Crippen LogP contribution in [0, 0.1) is 5.92 Å². The molecule has 0 aromatic carbocycles. The summed E-state index contributed by atoms with van der Waals surface area (Å²) in [7, 11) is 1.88. The number of aliphatic imine (C=N–C) groups is 2. The van der Waals surface area contributed by atoms with Gasteiger partial charge in [-0.1, -0.05) is 0 Å². The molecule has 6 N–H and O–H groups in total. The van der Waals surface area contributed by atoms with Crippen molar-refractivity contribution in [1.29, 1.82) is 0 Å². The van der Waals surface area contributed by atoms with Gasteiger partial charge < -0.3 is 16.8 Å². The van der Waals surface area contributed by atoms with Gasteiger partial charge in [0.1, 0.15) is 0 Å². The van der Waals surface area contributed by atoms with Crippen LogP contribution in [0.5, 0.6) is 0 Å². The van der Waals surface area contributed by atoms with Crippen LogP contribution in [0.1, 0.15) is 19.3 Å². The monoisotopic (exact) mass is 301 g/mol. The molecule has 1 aliphatic carbocycles. The lowest BCUT2D eigenvalue weighted by Gasteiger charge is -2.37. The number of guanidine groups is 2. The van der Waals surface area contributed by atoms with Crippen molar-refractivity contribution < 1.29 is 8.78 Å². The molecule has 7 nitrogen and oxygen atoms in total. The molecular weight excluding hydrogens is 280 g/mol. The zero-order valence-electron chi connectivity index (χ0n) is 11.9. The maximum atomic E-state index is 13.3. The van der Waals surface area contributed by atoms with E-state index in [1.807, 2.05) is 11.9 Å². The third kappa shape index (κ3) is 2.67. The molecule has 2 atom stereocenters. The minimum Gasteiger partial charge on any atom is -0.370 e. The lowest BCUT2D eigenvalue weighted by molar-refractivity contribution is 0.0616. The number of rotatable bonds is 4. The molecule has 3 aliphatic rings. The van der Waals surface area contributed by atoms with E-state index in [-0.39, 0.29) is 24.8 Å². The number of halogens is 2. The molecule has 1 saturated heterocycles. The Hall–Kier alpha value is -1.48. The van der Waals surface area contributed by atoms with Crippen molar-refractivity contribution >= 4 is 11.9 Å². The van der Waals surface area contributed by atoms with Crippen molar-refractivity contribution in [3.63, 3.8) is 0 Å². The molecule has 0 aromatic heterocycles. The van der Waals surface area contributed by atoms with Crippen molar-refractivity contribution in [3.05, 3.63) is 0 Å². The zero-order chi connectivity index (χ0) is 15.3. The fraction of sp³-hybridized carbons (Fsp3) is 0.833. The van der Waals surface area contributed by atoms with Crippen LogP contribution < -0.4 is 22.1 Å². The maximum Gasteiger partial charge on any atom is 0.251 e. The Morgan fingerprint density at radius 2 is 2.00 bits per heavy atom. The highest BCUT2D eigenvalue weighted by atomic mass is 19.3. The van der Waals surface area contributed by atoms with E-state index in [9.17, 15) is 8.78 Å². The van der Waals surface area contributed by atoms with Crippen LogP contribution in [0.25, 0.3) is 0 Å². The Morgan fingerprint density at radius 3 is 2.48 bits per heavy atom. The topological polar surface area (TPSA) is 104 Å². The number of nitrogens with one attached hydrogen (secondary N) is 2. The van der Waals surface area contributed by atoms with E-state index in [1.165, 1.54) is 0 Å². The standard InChI is InChI=1S/C12H21F2N7/c1-17-8-2-3-21(6-8)12(5-7-4-11(7,13)14)19-9(15)18-10(16)20-12/h7-8,17H,2-6H2,1H3,(H5,15,16,18,19,20)/t7?,8-/m1/s1. The SMILES string of the molecule is CN[C@@H]1CCN(C2(CC3CC3(F)F)N=C(N)NC(N)=N2)C1. The van der Waals surface area contributed by atoms with Crippen molar-refractivity contribution in [2.45, 2.75) is 37.0 Å². The van der Waals surface area contributed by atoms with Gasteiger partial charge in [-0.05, 0) is 13.5 Å². The fourth-order valence-corrected chi connectivity index (χ4v) is 3.10. The first kappa shape index (κ1) is 14.5. The van der Waals surface area contributed by atoms with E-state index in [0.717, 1.165) is 13.0 Å². The van der Waals surface area contributed by atoms with Gasteiger partial charge in [-0.3, -0.25) is 10.2 Å². The number of hydrogen-bond acceptors (Lipinski definition) is 7. The Balaban J connectivity index is 1.86. The zero-order valence-corrected chi connectivity index (χ0v) is 11.9. The average Bonchev–Trinajstić information content (AvgIpc) is 2.81. The van der Waals surface area contributed by atoms with Crippen LogP contribution in [0.3, 0.4) is 0 Å². The highest BCUT2D eigenvalue weighted by Crippen LogP contribution is 2.54. The molecule has 0 spiro atoms. The summed E-state index contributed by atoms with van der Waals surface area (Å²) in [5.74, 6) is -4.18. The molecule has 1 saturated carbocycles. The molecular formula is C12H21F2N7. The van der Waals surface area contributed by atoms with E-state index < -0.39 is 17.6 Å². The smallest absolute Gasteiger partial charge is 0.251 e. The summed E-state index contributed by atoms with van der Waals surface area (Å²) in [5.41, 5.74) is 11.5. The number of likely N-dealkylation sites (tertiary alicyclic amines) is 1. The van der Waals surface area contributed by atoms with Gasteiger partial charge in [-0.25, -0.2) is 18.8 Å². The van der Waals surface area contributed by atoms with Gasteiger partial charge in [0.25, 0.3) is 5.92 Å². The van der Waals surface area contributed by atoms with Crippen molar-refractivity contribution in [3.8, 4) is 0 Å². The van der Waals surface area contributed by atoms with Crippen LogP contribution >= 0.6 is 0 Å². The summed E-state index contributed by atoms with van der Waals surface area (Å²) in [6.45, 7) is 1.40. The second-order valence-corrected chi connectivity index (χ2v) is 5.98. The molecule has 0 aromatic rings. The van der Waals surface area contributed by atoms with Gasteiger partial charge in [0.15, 0.2) is 11.9 Å². The molecule has 2 fully saturated rings. The summed E-state index contributed by atoms with van der Waals surface area (Å²) in [6.07, 6.45) is 0.938. The third-order valence-corrected chi connectivity index (χ3v) is 4.43. The van der Waals surface area contributed by atoms with Crippen LogP contribution in [-0.4, -0.2) is 54.7 Å². The number of alkyl halides is 2. The molecule has 2 heterocycles. The number of likely N-dealkylation sites (N-methyl/N-ethyl adjacent to an activating group) is 1. The maximum absolute atomic E-state index is 13.3. The predicted molar refractivity (Wildman–Crippen MR) is 75.8 cm³/mol. The summed E-state index contributed by atoms with van der Waals surface area (Å²) >= 11 is 0. The van der Waals surface area contributed by atoms with Crippen LogP contribution in [0.4, 0.5) is 8.78 Å². The molecule has 3 rings (SSSR count). The molecule has 0 bridgehead atoms. The average molecular weight is 301 g/mol. The van der Waals surface area contributed by atoms with Crippen molar-refractivity contribution in [2.24, 2.45) is 27.4 Å². The van der Waals surface area contributed by atoms with Crippen LogP contribution in [0.15, 0.2) is 9.98 Å². The van der Waals surface area contributed by atoms with Gasteiger partial charge in [0.2, 0.25) is 5.79 Å². The fourth-order valence-electron chi connectivity index (χ4n) is 3.10. The Labute approximate surface area is 121 Å². The first-order chi connectivity index (χ1) is 9.84. The second kappa shape index (κ2) is 4.77. The van der Waals surface area contributed by atoms with Gasteiger partial charge in [-0.2, -0.15) is 0 Å². The molecule has 0 amide bonds. The summed E-state index contributed by atoms with van der Waals surface area (Å²) in [4.78, 5) is 10.7. The van der Waals surface area contributed by atoms with Gasteiger partial charge in [0, 0.05) is 37.9 Å². The van der Waals surface area contributed by atoms with E-state index in [4.69, 9.17) is 11.5 Å². The van der Waals surface area contributed by atoms with Gasteiger partial charge >= 0.3 is 0 Å². The van der Waals surface area contributed by atoms with Crippen molar-refractivity contribution in [1.82, 2.24) is 15.5 Å². The summed E-state index contributed by atoms with van der Waals surface area (Å²) in [5, 5.41) is 5.82. The minimum absolute atomic E-state index is 0.115. The first-order valence-corrected chi connectivity index (χ1v) is 7.12. The van der Waals surface area contributed by atoms with E-state index >= 15 is 0 Å². The van der Waals surface area contributed by atoms with E-state index in [1.54, 1.807) is 0 Å². The Kier molecular flexibility index (Phi) is 3.28. The largest absolute Gasteiger partial charge is 0.370 e. The molecule has 118 valence electrons. The predicted octanol–water partition coefficient (Wildman–Crippen LogP) is -0.788. The first-order valence-electron chi connectivity index (χ1n) is 7.12. The van der Waals surface area contributed by atoms with Gasteiger partial charge in [0.05, 0.1) is 0 Å². The minimum atomic E-state index is -2.62. The highest BCUT2D eigenvalue weighted by molar-refractivity contribution is 5.98. The van der Waals surface area contributed by atoms with E-state index in [2.05, 4.69) is 20.6 Å². The number of nitrogens with two attached hydrogens (primary N) is 2. The molecule has 2 aliphatic heterocycles. The summed E-state index contributed by atoms with van der Waals surface area (Å²) < 4.78 is 26.7.